The van der Waals surface area contributed by atoms with Crippen molar-refractivity contribution in [2.75, 3.05) is 19.3 Å². The molecule has 3 aromatic rings. The summed E-state index contributed by atoms with van der Waals surface area (Å²) < 4.78 is 1.92. The number of aromatic nitrogens is 2. The van der Waals surface area contributed by atoms with Gasteiger partial charge in [-0.3, -0.25) is 14.2 Å². The van der Waals surface area contributed by atoms with E-state index in [9.17, 15) is 9.59 Å². The molecule has 1 aromatic carbocycles. The molecular weight excluding hydrogens is 462 g/mol. The summed E-state index contributed by atoms with van der Waals surface area (Å²) in [4.78, 5) is 35.9. The molecule has 1 aliphatic heterocycles. The molecule has 0 unspecified atom stereocenters. The molecule has 8 heteroatoms. The molecule has 2 aromatic heterocycles. The van der Waals surface area contributed by atoms with E-state index in [4.69, 9.17) is 16.6 Å². The number of carbonyl (C=O) groups is 1. The maximum atomic E-state index is 13.8. The van der Waals surface area contributed by atoms with Crippen LogP contribution in [0.1, 0.15) is 58.9 Å². The molecule has 1 saturated carbocycles. The summed E-state index contributed by atoms with van der Waals surface area (Å²) in [6, 6.07) is 7.13. The summed E-state index contributed by atoms with van der Waals surface area (Å²) in [5.41, 5.74) is 1.91. The summed E-state index contributed by atoms with van der Waals surface area (Å²) in [5, 5.41) is 2.11. The van der Waals surface area contributed by atoms with Gasteiger partial charge in [0.1, 0.15) is 4.83 Å². The molecule has 0 bridgehead atoms. The Balaban J connectivity index is 1.53. The van der Waals surface area contributed by atoms with Crippen LogP contribution in [0.2, 0.25) is 5.02 Å². The van der Waals surface area contributed by atoms with Crippen molar-refractivity contribution in [1.29, 1.82) is 0 Å². The molecule has 0 N–H and O–H groups in total. The molecule has 168 valence electrons. The van der Waals surface area contributed by atoms with Crippen LogP contribution < -0.4 is 5.56 Å². The van der Waals surface area contributed by atoms with E-state index in [2.05, 4.69) is 11.9 Å². The normalized spacial score (nSPS) is 17.6. The van der Waals surface area contributed by atoms with E-state index in [-0.39, 0.29) is 23.1 Å². The SMILES string of the molecule is CN1CCc2c(sc3nc(SCC(=O)c4ccc(Cl)cc4)n(C4CCCCC4)c(=O)c23)C1. The highest BCUT2D eigenvalue weighted by Crippen LogP contribution is 2.36. The van der Waals surface area contributed by atoms with E-state index in [1.54, 1.807) is 35.6 Å². The van der Waals surface area contributed by atoms with E-state index in [0.29, 0.717) is 15.7 Å². The average molecular weight is 488 g/mol. The minimum atomic E-state index is 0.0169. The van der Waals surface area contributed by atoms with E-state index >= 15 is 0 Å². The third-order valence-electron chi connectivity index (χ3n) is 6.50. The lowest BCUT2D eigenvalue weighted by Crippen LogP contribution is -2.30. The molecule has 0 amide bonds. The van der Waals surface area contributed by atoms with Gasteiger partial charge in [0.15, 0.2) is 10.9 Å². The Hall–Kier alpha value is -1.67. The van der Waals surface area contributed by atoms with Crippen molar-refractivity contribution in [2.45, 2.75) is 56.3 Å². The van der Waals surface area contributed by atoms with E-state index in [1.807, 2.05) is 4.57 Å². The van der Waals surface area contributed by atoms with Crippen LogP contribution in [0.15, 0.2) is 34.2 Å². The van der Waals surface area contributed by atoms with Gasteiger partial charge in [0.25, 0.3) is 5.56 Å². The molecule has 1 aliphatic carbocycles. The van der Waals surface area contributed by atoms with Crippen LogP contribution in [0.5, 0.6) is 0 Å². The minimum absolute atomic E-state index is 0.0169. The zero-order chi connectivity index (χ0) is 22.2. The summed E-state index contributed by atoms with van der Waals surface area (Å²) in [6.45, 7) is 1.84. The highest BCUT2D eigenvalue weighted by atomic mass is 35.5. The van der Waals surface area contributed by atoms with Gasteiger partial charge in [-0.2, -0.15) is 0 Å². The number of likely N-dealkylation sites (N-methyl/N-ethyl adjacent to an activating group) is 1. The van der Waals surface area contributed by atoms with Gasteiger partial charge in [0, 0.05) is 34.6 Å². The number of rotatable bonds is 5. The quantitative estimate of drug-likeness (QED) is 0.267. The first-order valence-electron chi connectivity index (χ1n) is 11.2. The van der Waals surface area contributed by atoms with Gasteiger partial charge in [-0.1, -0.05) is 42.6 Å². The van der Waals surface area contributed by atoms with Crippen LogP contribution in [-0.4, -0.2) is 39.6 Å². The second kappa shape index (κ2) is 9.29. The van der Waals surface area contributed by atoms with Crippen LogP contribution in [0, 0.1) is 0 Å². The number of carbonyl (C=O) groups excluding carboxylic acids is 1. The van der Waals surface area contributed by atoms with E-state index in [0.717, 1.165) is 55.4 Å². The van der Waals surface area contributed by atoms with Crippen molar-refractivity contribution in [1.82, 2.24) is 14.5 Å². The lowest BCUT2D eigenvalue weighted by molar-refractivity contribution is 0.102. The molecule has 32 heavy (non-hydrogen) atoms. The van der Waals surface area contributed by atoms with Gasteiger partial charge < -0.3 is 4.90 Å². The van der Waals surface area contributed by atoms with Crippen LogP contribution in [-0.2, 0) is 13.0 Å². The van der Waals surface area contributed by atoms with Gasteiger partial charge in [-0.15, -0.1) is 11.3 Å². The Bertz CT molecular complexity index is 1210. The number of nitrogens with zero attached hydrogens (tertiary/aromatic N) is 3. The number of benzene rings is 1. The fourth-order valence-electron chi connectivity index (χ4n) is 4.78. The van der Waals surface area contributed by atoms with E-state index in [1.165, 1.54) is 28.6 Å². The second-order valence-corrected chi connectivity index (χ2v) is 11.2. The standard InChI is InChI=1S/C24H26ClN3O2S2/c1-27-12-11-18-20(13-27)32-22-21(18)23(30)28(17-5-3-2-4-6-17)24(26-22)31-14-19(29)15-7-9-16(25)10-8-15/h7-10,17H,2-6,11-14H2,1H3. The zero-order valence-corrected chi connectivity index (χ0v) is 20.5. The maximum absolute atomic E-state index is 13.8. The van der Waals surface area contributed by atoms with Crippen molar-refractivity contribution in [3.05, 3.63) is 55.6 Å². The summed E-state index contributed by atoms with van der Waals surface area (Å²) in [5.74, 6) is 0.267. The van der Waals surface area contributed by atoms with Crippen LogP contribution in [0.3, 0.4) is 0 Å². The zero-order valence-electron chi connectivity index (χ0n) is 18.1. The Morgan fingerprint density at radius 1 is 1.22 bits per heavy atom. The van der Waals surface area contributed by atoms with Gasteiger partial charge in [-0.25, -0.2) is 4.98 Å². The summed E-state index contributed by atoms with van der Waals surface area (Å²) >= 11 is 8.98. The van der Waals surface area contributed by atoms with Gasteiger partial charge in [0.2, 0.25) is 0 Å². The van der Waals surface area contributed by atoms with E-state index < -0.39 is 0 Å². The fraction of sp³-hybridized carbons (Fsp3) is 0.458. The number of hydrogen-bond acceptors (Lipinski definition) is 6. The highest BCUT2D eigenvalue weighted by molar-refractivity contribution is 7.99. The Labute approximate surface area is 200 Å². The third-order valence-corrected chi connectivity index (χ3v) is 8.82. The number of thiophene rings is 1. The van der Waals surface area contributed by atoms with Crippen molar-refractivity contribution >= 4 is 50.7 Å². The molecule has 5 nitrogen and oxygen atoms in total. The Morgan fingerprint density at radius 2 is 1.97 bits per heavy atom. The molecule has 2 aliphatic rings. The van der Waals surface area contributed by atoms with Crippen LogP contribution in [0.25, 0.3) is 10.2 Å². The monoisotopic (exact) mass is 487 g/mol. The summed E-state index contributed by atoms with van der Waals surface area (Å²) in [6.07, 6.45) is 6.39. The lowest BCUT2D eigenvalue weighted by atomic mass is 9.95. The smallest absolute Gasteiger partial charge is 0.263 e. The average Bonchev–Trinajstić information content (AvgIpc) is 3.16. The van der Waals surface area contributed by atoms with Gasteiger partial charge in [-0.05, 0) is 56.1 Å². The Kier molecular flexibility index (Phi) is 6.43. The van der Waals surface area contributed by atoms with Crippen molar-refractivity contribution in [2.24, 2.45) is 0 Å². The number of halogens is 1. The number of ketones is 1. The number of Topliss-reactive ketones (excluding diaryl/α,β-unsaturated/α-hetero) is 1. The third kappa shape index (κ3) is 4.28. The maximum Gasteiger partial charge on any atom is 0.263 e. The first-order chi connectivity index (χ1) is 15.5. The molecule has 1 fully saturated rings. The number of thioether (sulfide) groups is 1. The molecule has 0 spiro atoms. The molecule has 0 atom stereocenters. The molecule has 3 heterocycles. The van der Waals surface area contributed by atoms with Gasteiger partial charge >= 0.3 is 0 Å². The van der Waals surface area contributed by atoms with Crippen LogP contribution >= 0.6 is 34.7 Å². The predicted molar refractivity (Wildman–Crippen MR) is 133 cm³/mol. The summed E-state index contributed by atoms with van der Waals surface area (Å²) in [7, 11) is 2.12. The molecular formula is C24H26ClN3O2S2. The second-order valence-electron chi connectivity index (χ2n) is 8.75. The topological polar surface area (TPSA) is 55.2 Å². The minimum Gasteiger partial charge on any atom is -0.301 e. The fourth-order valence-corrected chi connectivity index (χ4v) is 7.20. The number of hydrogen-bond donors (Lipinski definition) is 0. The lowest BCUT2D eigenvalue weighted by Gasteiger charge is -2.26. The first-order valence-corrected chi connectivity index (χ1v) is 13.4. The molecule has 0 radical (unpaired) electrons. The largest absolute Gasteiger partial charge is 0.301 e. The highest BCUT2D eigenvalue weighted by Gasteiger charge is 2.27. The number of fused-ring (bicyclic) bond motifs is 3. The van der Waals surface area contributed by atoms with Crippen molar-refractivity contribution in [3.63, 3.8) is 0 Å². The Morgan fingerprint density at radius 3 is 2.72 bits per heavy atom. The molecule has 5 rings (SSSR count). The van der Waals surface area contributed by atoms with Crippen LogP contribution in [0.4, 0.5) is 0 Å². The van der Waals surface area contributed by atoms with Crippen molar-refractivity contribution < 1.29 is 4.79 Å². The first kappa shape index (κ1) is 22.1. The molecule has 0 saturated heterocycles. The van der Waals surface area contributed by atoms with Crippen molar-refractivity contribution in [3.8, 4) is 0 Å². The van der Waals surface area contributed by atoms with Gasteiger partial charge in [0.05, 0.1) is 11.1 Å². The predicted octanol–water partition coefficient (Wildman–Crippen LogP) is 5.58.